The molecule has 9 heteroatoms. The van der Waals surface area contributed by atoms with Crippen molar-refractivity contribution in [3.05, 3.63) is 89.8 Å². The van der Waals surface area contributed by atoms with Gasteiger partial charge in [0.1, 0.15) is 17.9 Å². The maximum Gasteiger partial charge on any atom is 0.418 e. The van der Waals surface area contributed by atoms with Gasteiger partial charge in [0.2, 0.25) is 0 Å². The lowest BCUT2D eigenvalue weighted by molar-refractivity contribution is -0.272. The summed E-state index contributed by atoms with van der Waals surface area (Å²) in [5.41, 5.74) is -3.11. The van der Waals surface area contributed by atoms with Crippen LogP contribution < -0.4 is 4.74 Å². The standard InChI is InChI=1S/C26H25F4N3O2/c1-24(2,18-11-17(27)9-10-22(18)35-3)14-25(34,26(28,29)30)23(16-7-5-4-6-8-16)20-12-19-21(33-20)13-31-15-32-19/h4-13,15,23,33-34H,14H2,1-3H3. The Morgan fingerprint density at radius 2 is 1.77 bits per heavy atom. The summed E-state index contributed by atoms with van der Waals surface area (Å²) in [6.45, 7) is 3.06. The summed E-state index contributed by atoms with van der Waals surface area (Å²) in [6, 6.07) is 13.2. The molecule has 35 heavy (non-hydrogen) atoms. The van der Waals surface area contributed by atoms with Crippen molar-refractivity contribution in [2.75, 3.05) is 7.11 Å². The van der Waals surface area contributed by atoms with Gasteiger partial charge in [0, 0.05) is 11.3 Å². The fraction of sp³-hybridized carbons (Fsp3) is 0.308. The van der Waals surface area contributed by atoms with Gasteiger partial charge in [-0.25, -0.2) is 14.4 Å². The summed E-state index contributed by atoms with van der Waals surface area (Å²) in [5.74, 6) is -1.91. The summed E-state index contributed by atoms with van der Waals surface area (Å²) in [7, 11) is 1.36. The molecule has 0 bridgehead atoms. The molecule has 184 valence electrons. The number of methoxy groups -OCH3 is 1. The fourth-order valence-corrected chi connectivity index (χ4v) is 4.75. The number of nitrogens with one attached hydrogen (secondary N) is 1. The van der Waals surface area contributed by atoms with Gasteiger partial charge in [0.05, 0.1) is 30.3 Å². The van der Waals surface area contributed by atoms with Crippen LogP contribution in [-0.2, 0) is 5.41 Å². The van der Waals surface area contributed by atoms with E-state index in [1.54, 1.807) is 18.2 Å². The Bertz CT molecular complexity index is 1290. The Morgan fingerprint density at radius 1 is 1.06 bits per heavy atom. The Balaban J connectivity index is 1.92. The number of hydrogen-bond donors (Lipinski definition) is 2. The number of ether oxygens (including phenoxy) is 1. The van der Waals surface area contributed by atoms with Crippen molar-refractivity contribution in [1.82, 2.24) is 15.0 Å². The molecule has 0 fully saturated rings. The smallest absolute Gasteiger partial charge is 0.418 e. The number of benzene rings is 2. The van der Waals surface area contributed by atoms with Crippen LogP contribution in [0.5, 0.6) is 5.75 Å². The minimum absolute atomic E-state index is 0.133. The molecule has 0 aliphatic rings. The summed E-state index contributed by atoms with van der Waals surface area (Å²) in [4.78, 5) is 11.0. The third-order valence-corrected chi connectivity index (χ3v) is 6.33. The Kier molecular flexibility index (Phi) is 6.31. The van der Waals surface area contributed by atoms with Gasteiger partial charge in [0.15, 0.2) is 5.60 Å². The molecule has 0 saturated carbocycles. The highest BCUT2D eigenvalue weighted by molar-refractivity contribution is 5.75. The molecule has 0 aliphatic carbocycles. The van der Waals surface area contributed by atoms with E-state index in [9.17, 15) is 22.7 Å². The van der Waals surface area contributed by atoms with Gasteiger partial charge in [-0.05, 0) is 41.7 Å². The quantitative estimate of drug-likeness (QED) is 0.319. The van der Waals surface area contributed by atoms with E-state index in [4.69, 9.17) is 4.74 Å². The van der Waals surface area contributed by atoms with Gasteiger partial charge in [-0.2, -0.15) is 13.2 Å². The largest absolute Gasteiger partial charge is 0.496 e. The molecule has 2 atom stereocenters. The molecular weight excluding hydrogens is 462 g/mol. The van der Waals surface area contributed by atoms with Crippen molar-refractivity contribution in [1.29, 1.82) is 0 Å². The van der Waals surface area contributed by atoms with Crippen LogP contribution in [0.3, 0.4) is 0 Å². The second-order valence-electron chi connectivity index (χ2n) is 9.22. The molecule has 5 nitrogen and oxygen atoms in total. The number of aromatic nitrogens is 3. The van der Waals surface area contributed by atoms with E-state index in [-0.39, 0.29) is 22.6 Å². The van der Waals surface area contributed by atoms with Crippen LogP contribution in [-0.4, -0.2) is 38.9 Å². The van der Waals surface area contributed by atoms with Crippen LogP contribution in [0.4, 0.5) is 17.6 Å². The topological polar surface area (TPSA) is 71.0 Å². The van der Waals surface area contributed by atoms with Crippen LogP contribution >= 0.6 is 0 Å². The average Bonchev–Trinajstić information content (AvgIpc) is 3.22. The van der Waals surface area contributed by atoms with E-state index in [2.05, 4.69) is 15.0 Å². The first-order valence-electron chi connectivity index (χ1n) is 10.9. The van der Waals surface area contributed by atoms with Crippen molar-refractivity contribution < 1.29 is 27.4 Å². The number of fused-ring (bicyclic) bond motifs is 1. The number of rotatable bonds is 7. The normalized spacial score (nSPS) is 15.1. The molecule has 0 radical (unpaired) electrons. The van der Waals surface area contributed by atoms with Gasteiger partial charge < -0.3 is 14.8 Å². The minimum atomic E-state index is -5.05. The molecule has 0 aliphatic heterocycles. The van der Waals surface area contributed by atoms with Crippen LogP contribution in [0, 0.1) is 5.82 Å². The molecule has 2 aromatic heterocycles. The number of alkyl halides is 3. The molecule has 2 aromatic carbocycles. The zero-order chi connectivity index (χ0) is 25.4. The predicted molar refractivity (Wildman–Crippen MR) is 124 cm³/mol. The molecule has 0 amide bonds. The second kappa shape index (κ2) is 8.96. The number of aromatic amines is 1. The van der Waals surface area contributed by atoms with E-state index in [1.165, 1.54) is 63.8 Å². The second-order valence-corrected chi connectivity index (χ2v) is 9.22. The first-order valence-corrected chi connectivity index (χ1v) is 10.9. The third kappa shape index (κ3) is 4.60. The maximum absolute atomic E-state index is 14.9. The molecular formula is C26H25F4N3O2. The van der Waals surface area contributed by atoms with E-state index >= 15 is 0 Å². The molecule has 2 N–H and O–H groups in total. The molecule has 4 aromatic rings. The number of aliphatic hydroxyl groups is 1. The maximum atomic E-state index is 14.9. The first-order chi connectivity index (χ1) is 16.5. The number of nitrogens with zero attached hydrogens (tertiary/aromatic N) is 2. The molecule has 2 unspecified atom stereocenters. The Morgan fingerprint density at radius 3 is 2.40 bits per heavy atom. The van der Waals surface area contributed by atoms with Gasteiger partial charge in [-0.3, -0.25) is 0 Å². The Labute approximate surface area is 199 Å². The lowest BCUT2D eigenvalue weighted by Crippen LogP contribution is -2.53. The van der Waals surface area contributed by atoms with Crippen molar-refractivity contribution >= 4 is 11.0 Å². The lowest BCUT2D eigenvalue weighted by Gasteiger charge is -2.43. The van der Waals surface area contributed by atoms with Crippen molar-refractivity contribution in [3.63, 3.8) is 0 Å². The summed E-state index contributed by atoms with van der Waals surface area (Å²) < 4.78 is 64.1. The first kappa shape index (κ1) is 24.7. The summed E-state index contributed by atoms with van der Waals surface area (Å²) in [6.07, 6.45) is -3.06. The van der Waals surface area contributed by atoms with E-state index in [0.717, 1.165) is 6.07 Å². The van der Waals surface area contributed by atoms with Gasteiger partial charge in [0.25, 0.3) is 0 Å². The molecule has 0 saturated heterocycles. The zero-order valence-corrected chi connectivity index (χ0v) is 19.4. The van der Waals surface area contributed by atoms with Gasteiger partial charge in [-0.15, -0.1) is 0 Å². The zero-order valence-electron chi connectivity index (χ0n) is 19.4. The number of hydrogen-bond acceptors (Lipinski definition) is 4. The van der Waals surface area contributed by atoms with Crippen LogP contribution in [0.1, 0.15) is 43.0 Å². The SMILES string of the molecule is COc1ccc(F)cc1C(C)(C)CC(O)(C(c1ccccc1)c1cc2ncncc2[nH]1)C(F)(F)F. The van der Waals surface area contributed by atoms with E-state index < -0.39 is 35.3 Å². The molecule has 4 rings (SSSR count). The monoisotopic (exact) mass is 487 g/mol. The number of halogens is 4. The van der Waals surface area contributed by atoms with Crippen LogP contribution in [0.2, 0.25) is 0 Å². The Hall–Kier alpha value is -3.46. The molecule has 0 spiro atoms. The average molecular weight is 487 g/mol. The molecule has 2 heterocycles. The van der Waals surface area contributed by atoms with E-state index in [0.29, 0.717) is 11.0 Å². The van der Waals surface area contributed by atoms with E-state index in [1.807, 2.05) is 0 Å². The highest BCUT2D eigenvalue weighted by atomic mass is 19.4. The van der Waals surface area contributed by atoms with Gasteiger partial charge >= 0.3 is 6.18 Å². The van der Waals surface area contributed by atoms with Crippen molar-refractivity contribution in [2.24, 2.45) is 0 Å². The minimum Gasteiger partial charge on any atom is -0.496 e. The number of H-pyrrole nitrogens is 1. The van der Waals surface area contributed by atoms with Crippen LogP contribution in [0.25, 0.3) is 11.0 Å². The van der Waals surface area contributed by atoms with Gasteiger partial charge in [-0.1, -0.05) is 44.2 Å². The summed E-state index contributed by atoms with van der Waals surface area (Å²) >= 11 is 0. The van der Waals surface area contributed by atoms with Crippen LogP contribution in [0.15, 0.2) is 67.1 Å². The third-order valence-electron chi connectivity index (χ3n) is 6.33. The highest BCUT2D eigenvalue weighted by Crippen LogP contribution is 2.52. The van der Waals surface area contributed by atoms with Crippen molar-refractivity contribution in [2.45, 2.75) is 43.4 Å². The summed E-state index contributed by atoms with van der Waals surface area (Å²) in [5, 5.41) is 11.7. The lowest BCUT2D eigenvalue weighted by atomic mass is 9.68. The fourth-order valence-electron chi connectivity index (χ4n) is 4.75. The highest BCUT2D eigenvalue weighted by Gasteiger charge is 2.61. The predicted octanol–water partition coefficient (Wildman–Crippen LogP) is 5.90. The van der Waals surface area contributed by atoms with Crippen molar-refractivity contribution in [3.8, 4) is 5.75 Å².